The molecule has 2 aromatic carbocycles. The van der Waals surface area contributed by atoms with Crippen molar-refractivity contribution < 1.29 is 9.53 Å². The van der Waals surface area contributed by atoms with Crippen LogP contribution >= 0.6 is 0 Å². The van der Waals surface area contributed by atoms with Gasteiger partial charge < -0.3 is 15.0 Å². The number of rotatable bonds is 5. The average Bonchev–Trinajstić information content (AvgIpc) is 2.74. The molecule has 0 saturated heterocycles. The maximum absolute atomic E-state index is 12.4. The highest BCUT2D eigenvalue weighted by Crippen LogP contribution is 2.24. The van der Waals surface area contributed by atoms with Gasteiger partial charge in [0.05, 0.1) is 0 Å². The van der Waals surface area contributed by atoms with Gasteiger partial charge in [-0.3, -0.25) is 4.79 Å². The zero-order chi connectivity index (χ0) is 21.1. The summed E-state index contributed by atoms with van der Waals surface area (Å²) in [5.41, 5.74) is 6.39. The summed E-state index contributed by atoms with van der Waals surface area (Å²) >= 11 is 0. The molecule has 1 aliphatic rings. The molecule has 0 saturated carbocycles. The van der Waals surface area contributed by atoms with Gasteiger partial charge in [-0.15, -0.1) is 0 Å². The highest BCUT2D eigenvalue weighted by atomic mass is 16.5. The fraction of sp³-hybridized carbons (Fsp3) is 0.292. The number of amides is 1. The van der Waals surface area contributed by atoms with Crippen LogP contribution < -0.4 is 15.0 Å². The second-order valence-corrected chi connectivity index (χ2v) is 7.74. The first-order chi connectivity index (χ1) is 14.5. The van der Waals surface area contributed by atoms with E-state index in [-0.39, 0.29) is 12.5 Å². The number of ether oxygens (including phenoxy) is 1. The maximum Gasteiger partial charge on any atom is 0.262 e. The van der Waals surface area contributed by atoms with E-state index in [9.17, 15) is 4.79 Å². The zero-order valence-corrected chi connectivity index (χ0v) is 17.6. The van der Waals surface area contributed by atoms with Gasteiger partial charge in [0.2, 0.25) is 11.8 Å². The van der Waals surface area contributed by atoms with Gasteiger partial charge in [-0.05, 0) is 55.5 Å². The molecule has 154 valence electrons. The number of aryl methyl sites for hydroxylation is 3. The Morgan fingerprint density at radius 3 is 2.70 bits per heavy atom. The molecule has 1 aliphatic heterocycles. The quantitative estimate of drug-likeness (QED) is 0.699. The van der Waals surface area contributed by atoms with Crippen LogP contribution in [0.3, 0.4) is 0 Å². The van der Waals surface area contributed by atoms with Gasteiger partial charge in [0.1, 0.15) is 0 Å². The first-order valence-corrected chi connectivity index (χ1v) is 10.2. The molecule has 3 aromatic rings. The van der Waals surface area contributed by atoms with E-state index in [4.69, 9.17) is 4.74 Å². The van der Waals surface area contributed by atoms with Crippen molar-refractivity contribution in [3.05, 3.63) is 76.5 Å². The Hall–Kier alpha value is -3.41. The fourth-order valence-corrected chi connectivity index (χ4v) is 3.60. The van der Waals surface area contributed by atoms with Crippen molar-refractivity contribution in [1.29, 1.82) is 0 Å². The van der Waals surface area contributed by atoms with Crippen LogP contribution in [0.1, 0.15) is 27.9 Å². The summed E-state index contributed by atoms with van der Waals surface area (Å²) in [5, 5.41) is 2.91. The standard InChI is InChI=1S/C24H26N4O2/c1-16-8-9-17(2)21(12-16)26-22(29)15-30-23-13-18(3)25-24(27-23)28-11-10-19-6-4-5-7-20(19)14-28/h4-9,12-13H,10-11,14-15H2,1-3H3,(H,26,29). The smallest absolute Gasteiger partial charge is 0.262 e. The molecule has 0 spiro atoms. The van der Waals surface area contributed by atoms with Crippen LogP contribution in [-0.4, -0.2) is 29.0 Å². The number of carbonyl (C=O) groups is 1. The van der Waals surface area contributed by atoms with Gasteiger partial charge >= 0.3 is 0 Å². The van der Waals surface area contributed by atoms with Crippen LogP contribution in [0.5, 0.6) is 5.88 Å². The highest BCUT2D eigenvalue weighted by Gasteiger charge is 2.19. The van der Waals surface area contributed by atoms with E-state index >= 15 is 0 Å². The third-order valence-corrected chi connectivity index (χ3v) is 5.25. The molecule has 0 unspecified atom stereocenters. The second kappa shape index (κ2) is 8.53. The molecule has 0 fully saturated rings. The third-order valence-electron chi connectivity index (χ3n) is 5.25. The van der Waals surface area contributed by atoms with Crippen molar-refractivity contribution >= 4 is 17.5 Å². The molecule has 4 rings (SSSR count). The Labute approximate surface area is 176 Å². The Morgan fingerprint density at radius 2 is 1.87 bits per heavy atom. The number of benzene rings is 2. The van der Waals surface area contributed by atoms with Crippen molar-refractivity contribution in [2.24, 2.45) is 0 Å². The zero-order valence-electron chi connectivity index (χ0n) is 17.6. The summed E-state index contributed by atoms with van der Waals surface area (Å²) in [6.45, 7) is 7.39. The minimum atomic E-state index is -0.214. The maximum atomic E-state index is 12.4. The second-order valence-electron chi connectivity index (χ2n) is 7.74. The molecule has 0 radical (unpaired) electrons. The minimum absolute atomic E-state index is 0.105. The topological polar surface area (TPSA) is 67.3 Å². The van der Waals surface area contributed by atoms with Crippen LogP contribution in [0, 0.1) is 20.8 Å². The van der Waals surface area contributed by atoms with Crippen LogP contribution in [0.25, 0.3) is 0 Å². The minimum Gasteiger partial charge on any atom is -0.467 e. The Kier molecular flexibility index (Phi) is 5.65. The Morgan fingerprint density at radius 1 is 1.07 bits per heavy atom. The highest BCUT2D eigenvalue weighted by molar-refractivity contribution is 5.92. The van der Waals surface area contributed by atoms with Crippen molar-refractivity contribution in [1.82, 2.24) is 9.97 Å². The summed E-state index contributed by atoms with van der Waals surface area (Å²) in [4.78, 5) is 23.7. The van der Waals surface area contributed by atoms with Gasteiger partial charge in [-0.1, -0.05) is 36.4 Å². The van der Waals surface area contributed by atoms with Crippen molar-refractivity contribution in [3.8, 4) is 5.88 Å². The summed E-state index contributed by atoms with van der Waals surface area (Å²) in [6, 6.07) is 16.2. The fourth-order valence-electron chi connectivity index (χ4n) is 3.60. The van der Waals surface area contributed by atoms with Crippen molar-refractivity contribution in [3.63, 3.8) is 0 Å². The normalized spacial score (nSPS) is 13.0. The first kappa shape index (κ1) is 19.9. The van der Waals surface area contributed by atoms with Crippen LogP contribution in [0.2, 0.25) is 0 Å². The molecule has 0 aliphatic carbocycles. The Balaban J connectivity index is 1.42. The van der Waals surface area contributed by atoms with Crippen LogP contribution in [-0.2, 0) is 17.8 Å². The number of fused-ring (bicyclic) bond motifs is 1. The summed E-state index contributed by atoms with van der Waals surface area (Å²) in [6.07, 6.45) is 0.960. The predicted molar refractivity (Wildman–Crippen MR) is 118 cm³/mol. The molecular weight excluding hydrogens is 376 g/mol. The number of hydrogen-bond donors (Lipinski definition) is 1. The van der Waals surface area contributed by atoms with Gasteiger partial charge in [0, 0.05) is 30.5 Å². The van der Waals surface area contributed by atoms with Gasteiger partial charge in [0.15, 0.2) is 6.61 Å². The molecule has 1 N–H and O–H groups in total. The van der Waals surface area contributed by atoms with Gasteiger partial charge in [-0.2, -0.15) is 4.98 Å². The summed E-state index contributed by atoms with van der Waals surface area (Å²) < 4.78 is 5.70. The number of anilines is 2. The molecule has 0 bridgehead atoms. The molecule has 1 amide bonds. The van der Waals surface area contributed by atoms with E-state index in [1.165, 1.54) is 11.1 Å². The lowest BCUT2D eigenvalue weighted by Crippen LogP contribution is -2.32. The SMILES string of the molecule is Cc1ccc(C)c(NC(=O)COc2cc(C)nc(N3CCc4ccccc4C3)n2)c1. The largest absolute Gasteiger partial charge is 0.467 e. The number of hydrogen-bond acceptors (Lipinski definition) is 5. The molecule has 0 atom stereocenters. The summed E-state index contributed by atoms with van der Waals surface area (Å²) in [5.74, 6) is 0.829. The number of nitrogens with zero attached hydrogens (tertiary/aromatic N) is 3. The lowest BCUT2D eigenvalue weighted by atomic mass is 10.0. The van der Waals surface area contributed by atoms with E-state index < -0.39 is 0 Å². The van der Waals surface area contributed by atoms with Crippen molar-refractivity contribution in [2.75, 3.05) is 23.4 Å². The monoisotopic (exact) mass is 402 g/mol. The molecule has 1 aromatic heterocycles. The van der Waals surface area contributed by atoms with E-state index in [2.05, 4.69) is 44.5 Å². The Bertz CT molecular complexity index is 1080. The number of carbonyl (C=O) groups excluding carboxylic acids is 1. The van der Waals surface area contributed by atoms with Crippen molar-refractivity contribution in [2.45, 2.75) is 33.7 Å². The van der Waals surface area contributed by atoms with E-state index in [1.807, 2.05) is 39.0 Å². The average molecular weight is 402 g/mol. The van der Waals surface area contributed by atoms with E-state index in [0.29, 0.717) is 11.8 Å². The van der Waals surface area contributed by atoms with E-state index in [1.54, 1.807) is 6.07 Å². The molecule has 6 heteroatoms. The van der Waals surface area contributed by atoms with E-state index in [0.717, 1.165) is 42.0 Å². The third kappa shape index (κ3) is 4.59. The molecular formula is C24H26N4O2. The van der Waals surface area contributed by atoms with Gasteiger partial charge in [-0.25, -0.2) is 4.98 Å². The molecule has 6 nitrogen and oxygen atoms in total. The lowest BCUT2D eigenvalue weighted by molar-refractivity contribution is -0.118. The predicted octanol–water partition coefficient (Wildman–Crippen LogP) is 3.98. The number of nitrogens with one attached hydrogen (secondary N) is 1. The lowest BCUT2D eigenvalue weighted by Gasteiger charge is -2.29. The van der Waals surface area contributed by atoms with Crippen LogP contribution in [0.15, 0.2) is 48.5 Å². The van der Waals surface area contributed by atoms with Gasteiger partial charge in [0.25, 0.3) is 5.91 Å². The molecule has 2 heterocycles. The number of aromatic nitrogens is 2. The summed E-state index contributed by atoms with van der Waals surface area (Å²) in [7, 11) is 0. The first-order valence-electron chi connectivity index (χ1n) is 10.2. The molecule has 30 heavy (non-hydrogen) atoms. The van der Waals surface area contributed by atoms with Crippen LogP contribution in [0.4, 0.5) is 11.6 Å².